The van der Waals surface area contributed by atoms with E-state index in [1.54, 1.807) is 30.3 Å². The molecule has 0 fully saturated rings. The lowest BCUT2D eigenvalue weighted by molar-refractivity contribution is -0.138. The summed E-state index contributed by atoms with van der Waals surface area (Å²) in [6.45, 7) is 3.29. The van der Waals surface area contributed by atoms with E-state index < -0.39 is 17.8 Å². The molecule has 2 N–H and O–H groups in total. The first-order chi connectivity index (χ1) is 11.0. The van der Waals surface area contributed by atoms with Gasteiger partial charge in [-0.1, -0.05) is 24.8 Å². The van der Waals surface area contributed by atoms with Crippen molar-refractivity contribution in [2.75, 3.05) is 6.61 Å². The Hall–Kier alpha value is -3.35. The maximum Gasteiger partial charge on any atom is 0.336 e. The molecule has 7 heteroatoms. The lowest BCUT2D eigenvalue weighted by atomic mass is 10.2. The van der Waals surface area contributed by atoms with Gasteiger partial charge < -0.3 is 20.1 Å². The summed E-state index contributed by atoms with van der Waals surface area (Å²) in [4.78, 5) is 34.5. The quantitative estimate of drug-likeness (QED) is 0.473. The van der Waals surface area contributed by atoms with Crippen LogP contribution in [-0.2, 0) is 19.1 Å². The molecule has 118 valence electrons. The van der Waals surface area contributed by atoms with Crippen LogP contribution >= 0.6 is 0 Å². The van der Waals surface area contributed by atoms with Crippen molar-refractivity contribution in [2.24, 2.45) is 0 Å². The van der Waals surface area contributed by atoms with Gasteiger partial charge >= 0.3 is 11.9 Å². The number of amides is 1. The van der Waals surface area contributed by atoms with E-state index in [4.69, 9.17) is 9.47 Å². The van der Waals surface area contributed by atoms with Gasteiger partial charge in [-0.15, -0.1) is 0 Å². The summed E-state index contributed by atoms with van der Waals surface area (Å²) in [5.74, 6) is -1.18. The van der Waals surface area contributed by atoms with Crippen molar-refractivity contribution in [1.82, 2.24) is 10.6 Å². The molecule has 0 aliphatic carbocycles. The Morgan fingerprint density at radius 1 is 1.13 bits per heavy atom. The van der Waals surface area contributed by atoms with Gasteiger partial charge in [0, 0.05) is 18.4 Å². The minimum absolute atomic E-state index is 0.228. The highest BCUT2D eigenvalue weighted by molar-refractivity contribution is 5.96. The van der Waals surface area contributed by atoms with E-state index in [0.717, 1.165) is 12.2 Å². The third kappa shape index (κ3) is 5.16. The standard InChI is InChI=1S/C16H14N2O5/c1-11-17-9-12(16(21)18-11)10-22-14(19)7-8-15(20)23-13-5-3-2-4-6-13/h2-9,17H,1,10H2,(H,18,21)/b8-7+. The van der Waals surface area contributed by atoms with Gasteiger partial charge in [-0.2, -0.15) is 0 Å². The Balaban J connectivity index is 1.79. The molecular weight excluding hydrogens is 300 g/mol. The Morgan fingerprint density at radius 2 is 1.83 bits per heavy atom. The summed E-state index contributed by atoms with van der Waals surface area (Å²) in [5, 5.41) is 5.13. The zero-order chi connectivity index (χ0) is 16.7. The number of benzene rings is 1. The van der Waals surface area contributed by atoms with Gasteiger partial charge in [-0.3, -0.25) is 4.79 Å². The first kappa shape index (κ1) is 16.0. The Kier molecular flexibility index (Phi) is 5.30. The Bertz CT molecular complexity index is 692. The van der Waals surface area contributed by atoms with Crippen molar-refractivity contribution in [3.05, 3.63) is 66.7 Å². The summed E-state index contributed by atoms with van der Waals surface area (Å²) in [7, 11) is 0. The summed E-state index contributed by atoms with van der Waals surface area (Å²) in [6, 6.07) is 8.43. The highest BCUT2D eigenvalue weighted by Gasteiger charge is 2.16. The second-order valence-electron chi connectivity index (χ2n) is 4.42. The fourth-order valence-corrected chi connectivity index (χ4v) is 1.57. The number of ether oxygens (including phenoxy) is 2. The van der Waals surface area contributed by atoms with Crippen molar-refractivity contribution >= 4 is 17.8 Å². The number of carbonyl (C=O) groups excluding carboxylic acids is 3. The van der Waals surface area contributed by atoms with Crippen LogP contribution in [-0.4, -0.2) is 24.5 Å². The summed E-state index contributed by atoms with van der Waals surface area (Å²) in [5.41, 5.74) is 0.228. The molecule has 0 unspecified atom stereocenters. The largest absolute Gasteiger partial charge is 0.457 e. The monoisotopic (exact) mass is 314 g/mol. The average Bonchev–Trinajstić information content (AvgIpc) is 2.53. The lowest BCUT2D eigenvalue weighted by Crippen LogP contribution is -2.36. The molecule has 23 heavy (non-hydrogen) atoms. The summed E-state index contributed by atoms with van der Waals surface area (Å²) >= 11 is 0. The lowest BCUT2D eigenvalue weighted by Gasteiger charge is -2.16. The van der Waals surface area contributed by atoms with Crippen molar-refractivity contribution < 1.29 is 23.9 Å². The molecule has 0 saturated heterocycles. The molecule has 0 radical (unpaired) electrons. The number of nitrogens with one attached hydrogen (secondary N) is 2. The molecule has 1 amide bonds. The second-order valence-corrected chi connectivity index (χ2v) is 4.42. The van der Waals surface area contributed by atoms with E-state index in [9.17, 15) is 14.4 Å². The van der Waals surface area contributed by atoms with E-state index in [-0.39, 0.29) is 12.2 Å². The van der Waals surface area contributed by atoms with Crippen molar-refractivity contribution in [3.8, 4) is 5.75 Å². The van der Waals surface area contributed by atoms with E-state index in [2.05, 4.69) is 17.2 Å². The van der Waals surface area contributed by atoms with Gasteiger partial charge in [0.15, 0.2) is 0 Å². The maximum absolute atomic E-state index is 11.5. The van der Waals surface area contributed by atoms with Crippen LogP contribution in [0.2, 0.25) is 0 Å². The molecule has 0 saturated carbocycles. The van der Waals surface area contributed by atoms with E-state index >= 15 is 0 Å². The summed E-state index contributed by atoms with van der Waals surface area (Å²) < 4.78 is 9.81. The summed E-state index contributed by atoms with van der Waals surface area (Å²) in [6.07, 6.45) is 3.27. The number of rotatable bonds is 5. The highest BCUT2D eigenvalue weighted by atomic mass is 16.5. The number of hydrogen-bond acceptors (Lipinski definition) is 6. The van der Waals surface area contributed by atoms with Crippen LogP contribution in [0.1, 0.15) is 0 Å². The van der Waals surface area contributed by atoms with Crippen LogP contribution in [0.4, 0.5) is 0 Å². The van der Waals surface area contributed by atoms with Crippen molar-refractivity contribution in [1.29, 1.82) is 0 Å². The molecule has 0 atom stereocenters. The van der Waals surface area contributed by atoms with E-state index in [0.29, 0.717) is 11.6 Å². The van der Waals surface area contributed by atoms with Gasteiger partial charge in [0.2, 0.25) is 0 Å². The first-order valence-corrected chi connectivity index (χ1v) is 6.62. The predicted molar refractivity (Wildman–Crippen MR) is 80.7 cm³/mol. The van der Waals surface area contributed by atoms with Crippen LogP contribution in [0.25, 0.3) is 0 Å². The smallest absolute Gasteiger partial charge is 0.336 e. The van der Waals surface area contributed by atoms with Crippen LogP contribution < -0.4 is 15.4 Å². The molecule has 1 heterocycles. The topological polar surface area (TPSA) is 93.7 Å². The fraction of sp³-hybridized carbons (Fsp3) is 0.0625. The molecule has 7 nitrogen and oxygen atoms in total. The van der Waals surface area contributed by atoms with Gasteiger partial charge in [0.1, 0.15) is 18.2 Å². The zero-order valence-electron chi connectivity index (χ0n) is 12.1. The molecular formula is C16H14N2O5. The maximum atomic E-state index is 11.5. The van der Waals surface area contributed by atoms with Crippen LogP contribution in [0.15, 0.2) is 66.7 Å². The Labute approximate surface area is 132 Å². The van der Waals surface area contributed by atoms with Crippen molar-refractivity contribution in [2.45, 2.75) is 0 Å². The molecule has 0 spiro atoms. The number of carbonyl (C=O) groups is 3. The van der Waals surface area contributed by atoms with Gasteiger partial charge in [0.05, 0.1) is 5.57 Å². The van der Waals surface area contributed by atoms with Crippen LogP contribution in [0.3, 0.4) is 0 Å². The number of para-hydroxylation sites is 1. The van der Waals surface area contributed by atoms with Gasteiger partial charge in [-0.05, 0) is 12.1 Å². The highest BCUT2D eigenvalue weighted by Crippen LogP contribution is 2.08. The molecule has 0 aromatic heterocycles. The molecule has 1 aliphatic heterocycles. The Morgan fingerprint density at radius 3 is 2.52 bits per heavy atom. The minimum Gasteiger partial charge on any atom is -0.457 e. The SMILES string of the molecule is C=C1NC=C(COC(=O)/C=C/C(=O)Oc2ccccc2)C(=O)N1. The number of esters is 2. The molecule has 2 rings (SSSR count). The zero-order valence-corrected chi connectivity index (χ0v) is 12.1. The molecule has 1 aromatic rings. The van der Waals surface area contributed by atoms with Gasteiger partial charge in [0.25, 0.3) is 5.91 Å². The predicted octanol–water partition coefficient (Wildman–Crippen LogP) is 0.766. The van der Waals surface area contributed by atoms with Gasteiger partial charge in [-0.25, -0.2) is 9.59 Å². The first-order valence-electron chi connectivity index (χ1n) is 6.62. The second kappa shape index (κ2) is 7.60. The van der Waals surface area contributed by atoms with Crippen molar-refractivity contribution in [3.63, 3.8) is 0 Å². The van der Waals surface area contributed by atoms with E-state index in [1.165, 1.54) is 6.20 Å². The van der Waals surface area contributed by atoms with Crippen LogP contribution in [0, 0.1) is 0 Å². The third-order valence-electron chi connectivity index (χ3n) is 2.66. The number of hydrogen-bond donors (Lipinski definition) is 2. The average molecular weight is 314 g/mol. The third-order valence-corrected chi connectivity index (χ3v) is 2.66. The minimum atomic E-state index is -0.770. The molecule has 1 aromatic carbocycles. The van der Waals surface area contributed by atoms with E-state index in [1.807, 2.05) is 0 Å². The fourth-order valence-electron chi connectivity index (χ4n) is 1.57. The molecule has 1 aliphatic rings. The van der Waals surface area contributed by atoms with Crippen LogP contribution in [0.5, 0.6) is 5.75 Å². The molecule has 0 bridgehead atoms. The normalized spacial score (nSPS) is 13.8.